The summed E-state index contributed by atoms with van der Waals surface area (Å²) in [6.45, 7) is 5.33. The monoisotopic (exact) mass is 517 g/mol. The Balaban J connectivity index is 1.05. The molecule has 0 saturated carbocycles. The Morgan fingerprint density at radius 2 is 1.86 bits per heavy atom. The summed E-state index contributed by atoms with van der Waals surface area (Å²) in [5.74, 6) is -0.785. The molecular weight excluding hydrogens is 490 g/mol. The Labute approximate surface area is 220 Å². The fourth-order valence-corrected chi connectivity index (χ4v) is 6.46. The lowest BCUT2D eigenvalue weighted by molar-refractivity contribution is -0.136. The van der Waals surface area contributed by atoms with Gasteiger partial charge in [0.2, 0.25) is 11.8 Å². The largest absolute Gasteiger partial charge is 0.370 e. The third-order valence-corrected chi connectivity index (χ3v) is 8.71. The number of nitrogens with zero attached hydrogens (tertiary/aromatic N) is 4. The number of hydrogen-bond donors (Lipinski definition) is 1. The number of imide groups is 1. The highest BCUT2D eigenvalue weighted by molar-refractivity contribution is 6.31. The van der Waals surface area contributed by atoms with Gasteiger partial charge in [-0.3, -0.25) is 24.6 Å². The quantitative estimate of drug-likeness (QED) is 0.626. The van der Waals surface area contributed by atoms with E-state index in [-0.39, 0.29) is 24.1 Å². The zero-order valence-corrected chi connectivity index (χ0v) is 21.3. The van der Waals surface area contributed by atoms with Crippen molar-refractivity contribution in [2.24, 2.45) is 5.41 Å². The maximum absolute atomic E-state index is 13.0. The van der Waals surface area contributed by atoms with Crippen LogP contribution in [-0.2, 0) is 22.7 Å². The fourth-order valence-electron chi connectivity index (χ4n) is 6.21. The van der Waals surface area contributed by atoms with E-state index in [1.54, 1.807) is 11.0 Å². The van der Waals surface area contributed by atoms with E-state index < -0.39 is 6.04 Å². The van der Waals surface area contributed by atoms with Crippen LogP contribution in [0.3, 0.4) is 0 Å². The Morgan fingerprint density at radius 1 is 1.08 bits per heavy atom. The Bertz CT molecular complexity index is 1340. The zero-order valence-electron chi connectivity index (χ0n) is 20.5. The topological polar surface area (TPSA) is 96.8 Å². The lowest BCUT2D eigenvalue weighted by Gasteiger charge is -2.55. The lowest BCUT2D eigenvalue weighted by atomic mass is 9.71. The normalized spacial score (nSPS) is 23.0. The molecule has 1 N–H and O–H groups in total. The number of hydrogen-bond acceptors (Lipinski definition) is 6. The van der Waals surface area contributed by atoms with Gasteiger partial charge in [-0.1, -0.05) is 17.7 Å². The second-order valence-corrected chi connectivity index (χ2v) is 11.2. The molecule has 0 bridgehead atoms. The van der Waals surface area contributed by atoms with Crippen molar-refractivity contribution in [1.82, 2.24) is 15.1 Å². The predicted octanol–water partition coefficient (Wildman–Crippen LogP) is 3.08. The molecule has 9 heteroatoms. The minimum Gasteiger partial charge on any atom is -0.370 e. The molecule has 2 aromatic rings. The molecule has 8 nitrogen and oxygen atoms in total. The number of piperidine rings is 2. The molecule has 190 valence electrons. The van der Waals surface area contributed by atoms with Gasteiger partial charge in [0.1, 0.15) is 12.1 Å². The molecule has 4 aliphatic heterocycles. The molecule has 4 aliphatic rings. The summed E-state index contributed by atoms with van der Waals surface area (Å²) in [5.41, 5.74) is 4.69. The van der Waals surface area contributed by atoms with Gasteiger partial charge in [-0.25, -0.2) is 0 Å². The van der Waals surface area contributed by atoms with E-state index in [2.05, 4.69) is 27.3 Å². The number of fused-ring (bicyclic) bond motifs is 1. The molecule has 1 spiro atoms. The number of carbonyl (C=O) groups excluding carboxylic acids is 3. The van der Waals surface area contributed by atoms with E-state index in [0.717, 1.165) is 62.4 Å². The predicted molar refractivity (Wildman–Crippen MR) is 138 cm³/mol. The van der Waals surface area contributed by atoms with Gasteiger partial charge in [0.05, 0.1) is 10.6 Å². The SMILES string of the molecule is N#Cc1ccc(CN2CCC3(CC2)CN(c2ccc4c(c2)CN(C2CCC(=O)NC2=O)C4=O)C3)cc1Cl. The number of nitrogens with one attached hydrogen (secondary N) is 1. The summed E-state index contributed by atoms with van der Waals surface area (Å²) < 4.78 is 0. The van der Waals surface area contributed by atoms with Gasteiger partial charge >= 0.3 is 0 Å². The molecule has 37 heavy (non-hydrogen) atoms. The molecule has 6 rings (SSSR count). The highest BCUT2D eigenvalue weighted by atomic mass is 35.5. The van der Waals surface area contributed by atoms with Gasteiger partial charge < -0.3 is 9.80 Å². The van der Waals surface area contributed by atoms with Gasteiger partial charge in [-0.05, 0) is 73.8 Å². The van der Waals surface area contributed by atoms with E-state index in [1.165, 1.54) is 0 Å². The fraction of sp³-hybridized carbons (Fsp3) is 0.429. The van der Waals surface area contributed by atoms with Crippen LogP contribution in [0.4, 0.5) is 5.69 Å². The average molecular weight is 518 g/mol. The van der Waals surface area contributed by atoms with Gasteiger partial charge in [-0.15, -0.1) is 0 Å². The third-order valence-electron chi connectivity index (χ3n) is 8.40. The summed E-state index contributed by atoms with van der Waals surface area (Å²) in [6.07, 6.45) is 2.91. The second-order valence-electron chi connectivity index (χ2n) is 10.8. The van der Waals surface area contributed by atoms with Gasteiger partial charge in [0.25, 0.3) is 5.91 Å². The zero-order chi connectivity index (χ0) is 25.7. The summed E-state index contributed by atoms with van der Waals surface area (Å²) in [4.78, 5) is 43.2. The van der Waals surface area contributed by atoms with E-state index in [0.29, 0.717) is 34.5 Å². The van der Waals surface area contributed by atoms with Crippen molar-refractivity contribution >= 4 is 35.0 Å². The van der Waals surface area contributed by atoms with Crippen LogP contribution in [0.15, 0.2) is 36.4 Å². The summed E-state index contributed by atoms with van der Waals surface area (Å²) in [6, 6.07) is 13.2. The van der Waals surface area contributed by atoms with Crippen LogP contribution in [0, 0.1) is 16.7 Å². The molecule has 0 aliphatic carbocycles. The highest BCUT2D eigenvalue weighted by Crippen LogP contribution is 2.43. The Morgan fingerprint density at radius 3 is 2.57 bits per heavy atom. The summed E-state index contributed by atoms with van der Waals surface area (Å²) in [7, 11) is 0. The van der Waals surface area contributed by atoms with Crippen molar-refractivity contribution in [3.63, 3.8) is 0 Å². The molecule has 1 unspecified atom stereocenters. The van der Waals surface area contributed by atoms with Gasteiger partial charge in [0.15, 0.2) is 0 Å². The average Bonchev–Trinajstić information content (AvgIpc) is 3.19. The third kappa shape index (κ3) is 4.36. The number of nitriles is 1. The summed E-state index contributed by atoms with van der Waals surface area (Å²) >= 11 is 6.20. The maximum atomic E-state index is 13.0. The second kappa shape index (κ2) is 9.16. The van der Waals surface area contributed by atoms with Gasteiger partial charge in [0, 0.05) is 49.3 Å². The van der Waals surface area contributed by atoms with Crippen molar-refractivity contribution in [2.45, 2.75) is 44.8 Å². The van der Waals surface area contributed by atoms with Crippen molar-refractivity contribution < 1.29 is 14.4 Å². The number of carbonyl (C=O) groups is 3. The first-order chi connectivity index (χ1) is 17.8. The number of halogens is 1. The molecule has 3 saturated heterocycles. The van der Waals surface area contributed by atoms with Crippen molar-refractivity contribution in [1.29, 1.82) is 5.26 Å². The van der Waals surface area contributed by atoms with Gasteiger partial charge in [-0.2, -0.15) is 5.26 Å². The lowest BCUT2D eigenvalue weighted by Crippen LogP contribution is -2.60. The number of rotatable bonds is 4. The van der Waals surface area contributed by atoms with Crippen LogP contribution in [0.1, 0.15) is 52.7 Å². The van der Waals surface area contributed by atoms with E-state index in [9.17, 15) is 14.4 Å². The molecule has 0 aromatic heterocycles. The van der Waals surface area contributed by atoms with Crippen LogP contribution in [0.2, 0.25) is 5.02 Å². The first-order valence-corrected chi connectivity index (χ1v) is 13.2. The first kappa shape index (κ1) is 24.0. The molecule has 2 aromatic carbocycles. The van der Waals surface area contributed by atoms with Crippen LogP contribution >= 0.6 is 11.6 Å². The minimum absolute atomic E-state index is 0.132. The smallest absolute Gasteiger partial charge is 0.255 e. The molecule has 3 amide bonds. The van der Waals surface area contributed by atoms with Crippen LogP contribution in [-0.4, -0.2) is 59.7 Å². The Kier molecular flexibility index (Phi) is 5.93. The number of benzene rings is 2. The van der Waals surface area contributed by atoms with E-state index in [1.807, 2.05) is 24.3 Å². The molecule has 3 fully saturated rings. The standard InChI is InChI=1S/C28H28ClN5O3/c29-23-11-18(1-2-19(23)13-30)14-32-9-7-28(8-10-32)16-33(17-28)21-3-4-22-20(12-21)15-34(27(22)37)24-5-6-25(35)31-26(24)36/h1-4,11-12,24H,5-10,14-17H2,(H,31,35,36). The number of amides is 3. The van der Waals surface area contributed by atoms with Crippen molar-refractivity contribution in [3.05, 3.63) is 63.7 Å². The molecule has 1 atom stereocenters. The van der Waals surface area contributed by atoms with E-state index >= 15 is 0 Å². The maximum Gasteiger partial charge on any atom is 0.255 e. The number of likely N-dealkylation sites (tertiary alicyclic amines) is 1. The Hall–Kier alpha value is -3.41. The molecule has 0 radical (unpaired) electrons. The number of anilines is 1. The molecular formula is C28H28ClN5O3. The molecule has 4 heterocycles. The van der Waals surface area contributed by atoms with Crippen LogP contribution in [0.25, 0.3) is 0 Å². The highest BCUT2D eigenvalue weighted by Gasteiger charge is 2.45. The van der Waals surface area contributed by atoms with Crippen LogP contribution in [0.5, 0.6) is 0 Å². The van der Waals surface area contributed by atoms with E-state index in [4.69, 9.17) is 16.9 Å². The summed E-state index contributed by atoms with van der Waals surface area (Å²) in [5, 5.41) is 11.9. The minimum atomic E-state index is -0.584. The van der Waals surface area contributed by atoms with Crippen molar-refractivity contribution in [2.75, 3.05) is 31.1 Å². The first-order valence-electron chi connectivity index (χ1n) is 12.8. The van der Waals surface area contributed by atoms with Crippen LogP contribution < -0.4 is 10.2 Å². The van der Waals surface area contributed by atoms with Crippen molar-refractivity contribution in [3.8, 4) is 6.07 Å².